The second-order valence-corrected chi connectivity index (χ2v) is 5.58. The third-order valence-corrected chi connectivity index (χ3v) is 3.84. The van der Waals surface area contributed by atoms with Gasteiger partial charge in [-0.1, -0.05) is 63.0 Å². The topological polar surface area (TPSA) is 52.0 Å². The van der Waals surface area contributed by atoms with Crippen molar-refractivity contribution in [2.24, 2.45) is 0 Å². The molecule has 0 aliphatic heterocycles. The normalized spacial score (nSPS) is 10.7. The molecular weight excluding hydrogens is 340 g/mol. The maximum absolute atomic E-state index is 6.22. The lowest BCUT2D eigenvalue weighted by Crippen LogP contribution is -1.88. The smallest absolute Gasteiger partial charge is 0.230 e. The Morgan fingerprint density at radius 3 is 2.45 bits per heavy atom. The average molecular weight is 350 g/mol. The van der Waals surface area contributed by atoms with Crippen molar-refractivity contribution in [1.29, 1.82) is 0 Å². The SMILES string of the molecule is Nc1onc(-c2ccccc2Cl)c1-c1ccc(Br)cc1. The number of anilines is 1. The van der Waals surface area contributed by atoms with Crippen LogP contribution in [-0.4, -0.2) is 5.16 Å². The molecule has 0 fully saturated rings. The summed E-state index contributed by atoms with van der Waals surface area (Å²) in [5.74, 6) is 0.280. The zero-order valence-electron chi connectivity index (χ0n) is 10.3. The van der Waals surface area contributed by atoms with Crippen molar-refractivity contribution >= 4 is 33.4 Å². The average Bonchev–Trinajstić information content (AvgIpc) is 2.82. The minimum absolute atomic E-state index is 0.280. The van der Waals surface area contributed by atoms with Gasteiger partial charge in [0.25, 0.3) is 0 Å². The van der Waals surface area contributed by atoms with Gasteiger partial charge < -0.3 is 10.3 Å². The molecule has 2 aromatic carbocycles. The van der Waals surface area contributed by atoms with Crippen LogP contribution in [0.1, 0.15) is 0 Å². The van der Waals surface area contributed by atoms with Gasteiger partial charge in [-0.05, 0) is 23.8 Å². The molecule has 1 heterocycles. The van der Waals surface area contributed by atoms with Crippen LogP contribution in [0.15, 0.2) is 57.5 Å². The van der Waals surface area contributed by atoms with Gasteiger partial charge in [0.05, 0.1) is 10.6 Å². The zero-order valence-corrected chi connectivity index (χ0v) is 12.6. The highest BCUT2D eigenvalue weighted by Gasteiger charge is 2.18. The molecule has 0 radical (unpaired) electrons. The van der Waals surface area contributed by atoms with Crippen LogP contribution >= 0.6 is 27.5 Å². The van der Waals surface area contributed by atoms with Crippen molar-refractivity contribution in [1.82, 2.24) is 5.16 Å². The molecule has 0 bridgehead atoms. The van der Waals surface area contributed by atoms with Crippen LogP contribution in [0.2, 0.25) is 5.02 Å². The molecular formula is C15H10BrClN2O. The molecule has 0 saturated carbocycles. The maximum Gasteiger partial charge on any atom is 0.230 e. The van der Waals surface area contributed by atoms with Gasteiger partial charge in [0.1, 0.15) is 5.69 Å². The highest BCUT2D eigenvalue weighted by molar-refractivity contribution is 9.10. The highest BCUT2D eigenvalue weighted by atomic mass is 79.9. The molecule has 0 aliphatic carbocycles. The number of hydrogen-bond donors (Lipinski definition) is 1. The van der Waals surface area contributed by atoms with E-state index in [1.807, 2.05) is 48.5 Å². The Labute approximate surface area is 129 Å². The monoisotopic (exact) mass is 348 g/mol. The highest BCUT2D eigenvalue weighted by Crippen LogP contribution is 2.39. The van der Waals surface area contributed by atoms with E-state index in [-0.39, 0.29) is 5.88 Å². The molecule has 0 unspecified atom stereocenters. The first kappa shape index (κ1) is 13.2. The summed E-state index contributed by atoms with van der Waals surface area (Å²) in [6, 6.07) is 15.3. The molecule has 0 amide bonds. The molecule has 0 saturated heterocycles. The summed E-state index contributed by atoms with van der Waals surface area (Å²) in [6.45, 7) is 0. The van der Waals surface area contributed by atoms with E-state index in [2.05, 4.69) is 21.1 Å². The van der Waals surface area contributed by atoms with Gasteiger partial charge in [-0.2, -0.15) is 0 Å². The number of nitrogens with two attached hydrogens (primary N) is 1. The summed E-state index contributed by atoms with van der Waals surface area (Å²) in [5.41, 5.74) is 9.05. The quantitative estimate of drug-likeness (QED) is 0.708. The predicted octanol–water partition coefficient (Wildman–Crippen LogP) is 5.01. The van der Waals surface area contributed by atoms with Crippen molar-refractivity contribution in [3.63, 3.8) is 0 Å². The van der Waals surface area contributed by atoms with Crippen LogP contribution in [0.3, 0.4) is 0 Å². The molecule has 5 heteroatoms. The van der Waals surface area contributed by atoms with Crippen molar-refractivity contribution in [2.75, 3.05) is 5.73 Å². The van der Waals surface area contributed by atoms with Crippen LogP contribution in [0, 0.1) is 0 Å². The Hall–Kier alpha value is -1.78. The Bertz CT molecular complexity index is 753. The summed E-state index contributed by atoms with van der Waals surface area (Å²) in [7, 11) is 0. The minimum atomic E-state index is 0.280. The fraction of sp³-hybridized carbons (Fsp3) is 0. The first-order valence-corrected chi connectivity index (χ1v) is 7.10. The Morgan fingerprint density at radius 2 is 1.75 bits per heavy atom. The van der Waals surface area contributed by atoms with Crippen LogP contribution in [0.4, 0.5) is 5.88 Å². The van der Waals surface area contributed by atoms with E-state index in [1.54, 1.807) is 0 Å². The lowest BCUT2D eigenvalue weighted by atomic mass is 10.0. The first-order chi connectivity index (χ1) is 9.66. The van der Waals surface area contributed by atoms with Crippen molar-refractivity contribution in [3.05, 3.63) is 58.0 Å². The van der Waals surface area contributed by atoms with Crippen LogP contribution in [-0.2, 0) is 0 Å². The summed E-state index contributed by atoms with van der Waals surface area (Å²) in [4.78, 5) is 0. The van der Waals surface area contributed by atoms with Crippen LogP contribution in [0.5, 0.6) is 0 Å². The maximum atomic E-state index is 6.22. The van der Waals surface area contributed by atoms with E-state index in [9.17, 15) is 0 Å². The Kier molecular flexibility index (Phi) is 3.51. The molecule has 3 aromatic rings. The second kappa shape index (κ2) is 5.31. The third-order valence-electron chi connectivity index (χ3n) is 2.98. The van der Waals surface area contributed by atoms with Gasteiger partial charge in [0.15, 0.2) is 0 Å². The van der Waals surface area contributed by atoms with Gasteiger partial charge in [0, 0.05) is 10.0 Å². The fourth-order valence-electron chi connectivity index (χ4n) is 2.04. The van der Waals surface area contributed by atoms with Gasteiger partial charge in [-0.25, -0.2) is 0 Å². The number of rotatable bonds is 2. The minimum Gasteiger partial charge on any atom is -0.367 e. The predicted molar refractivity (Wildman–Crippen MR) is 84.5 cm³/mol. The number of halogens is 2. The number of benzene rings is 2. The molecule has 3 nitrogen and oxygen atoms in total. The molecule has 0 atom stereocenters. The number of nitrogens with zero attached hydrogens (tertiary/aromatic N) is 1. The van der Waals surface area contributed by atoms with Crippen LogP contribution < -0.4 is 5.73 Å². The number of nitrogen functional groups attached to an aromatic ring is 1. The number of aromatic nitrogens is 1. The first-order valence-electron chi connectivity index (χ1n) is 5.93. The third kappa shape index (κ3) is 2.32. The molecule has 20 heavy (non-hydrogen) atoms. The van der Waals surface area contributed by atoms with Gasteiger partial charge in [0.2, 0.25) is 5.88 Å². The molecule has 3 rings (SSSR count). The summed E-state index contributed by atoms with van der Waals surface area (Å²) in [6.07, 6.45) is 0. The summed E-state index contributed by atoms with van der Waals surface area (Å²) >= 11 is 9.63. The van der Waals surface area contributed by atoms with E-state index < -0.39 is 0 Å². The lowest BCUT2D eigenvalue weighted by molar-refractivity contribution is 0.439. The molecule has 1 aromatic heterocycles. The van der Waals surface area contributed by atoms with Gasteiger partial charge >= 0.3 is 0 Å². The lowest BCUT2D eigenvalue weighted by Gasteiger charge is -2.04. The summed E-state index contributed by atoms with van der Waals surface area (Å²) in [5, 5.41) is 4.66. The van der Waals surface area contributed by atoms with Crippen molar-refractivity contribution < 1.29 is 4.52 Å². The van der Waals surface area contributed by atoms with E-state index in [0.717, 1.165) is 21.2 Å². The number of hydrogen-bond acceptors (Lipinski definition) is 3. The summed E-state index contributed by atoms with van der Waals surface area (Å²) < 4.78 is 6.14. The van der Waals surface area contributed by atoms with Crippen LogP contribution in [0.25, 0.3) is 22.4 Å². The molecule has 2 N–H and O–H groups in total. The van der Waals surface area contributed by atoms with E-state index in [1.165, 1.54) is 0 Å². The zero-order chi connectivity index (χ0) is 14.1. The fourth-order valence-corrected chi connectivity index (χ4v) is 2.52. The van der Waals surface area contributed by atoms with E-state index >= 15 is 0 Å². The largest absolute Gasteiger partial charge is 0.367 e. The molecule has 100 valence electrons. The Balaban J connectivity index is 2.20. The van der Waals surface area contributed by atoms with E-state index in [4.69, 9.17) is 21.9 Å². The van der Waals surface area contributed by atoms with Crippen molar-refractivity contribution in [2.45, 2.75) is 0 Å². The van der Waals surface area contributed by atoms with Gasteiger partial charge in [-0.15, -0.1) is 0 Å². The second-order valence-electron chi connectivity index (χ2n) is 4.26. The standard InChI is InChI=1S/C15H10BrClN2O/c16-10-7-5-9(6-8-10)13-14(19-20-15(13)18)11-3-1-2-4-12(11)17/h1-8H,18H2. The van der Waals surface area contributed by atoms with Gasteiger partial charge in [-0.3, -0.25) is 0 Å². The van der Waals surface area contributed by atoms with E-state index in [0.29, 0.717) is 10.7 Å². The molecule has 0 aliphatic rings. The Morgan fingerprint density at radius 1 is 1.05 bits per heavy atom. The molecule has 0 spiro atoms. The van der Waals surface area contributed by atoms with Crippen molar-refractivity contribution in [3.8, 4) is 22.4 Å².